The van der Waals surface area contributed by atoms with E-state index < -0.39 is 0 Å². The number of hydrogen-bond acceptors (Lipinski definition) is 2. The minimum absolute atomic E-state index is 0.174. The second-order valence-corrected chi connectivity index (χ2v) is 4.92. The predicted molar refractivity (Wildman–Crippen MR) is 77.8 cm³/mol. The molecule has 1 heterocycles. The number of rotatable bonds is 2. The van der Waals surface area contributed by atoms with Crippen LogP contribution in [-0.2, 0) is 6.54 Å². The molecule has 0 aliphatic rings. The summed E-state index contributed by atoms with van der Waals surface area (Å²) < 4.78 is 1.63. The van der Waals surface area contributed by atoms with Crippen LogP contribution >= 0.6 is 11.6 Å². The molecule has 0 aliphatic carbocycles. The van der Waals surface area contributed by atoms with Crippen molar-refractivity contribution in [2.24, 2.45) is 0 Å². The van der Waals surface area contributed by atoms with Crippen LogP contribution < -0.4 is 5.69 Å². The summed E-state index contributed by atoms with van der Waals surface area (Å²) in [5.41, 5.74) is 2.90. The van der Waals surface area contributed by atoms with E-state index in [0.29, 0.717) is 17.1 Å². The minimum Gasteiger partial charge on any atom is -0.306 e. The second kappa shape index (κ2) is 4.87. The first-order valence-electron chi connectivity index (χ1n) is 6.04. The Balaban J connectivity index is 2.05. The summed E-state index contributed by atoms with van der Waals surface area (Å²) >= 11 is 5.98. The van der Waals surface area contributed by atoms with Crippen LogP contribution in [0.5, 0.6) is 0 Å². The molecule has 5 heteroatoms. The largest absolute Gasteiger partial charge is 0.326 e. The van der Waals surface area contributed by atoms with E-state index in [9.17, 15) is 4.79 Å². The molecular weight excluding hydrogens is 274 g/mol. The lowest BCUT2D eigenvalue weighted by Gasteiger charge is -2.04. The van der Waals surface area contributed by atoms with Crippen LogP contribution in [0.25, 0.3) is 11.0 Å². The normalized spacial score (nSPS) is 10.6. The zero-order valence-electron chi connectivity index (χ0n) is 10.4. The highest BCUT2D eigenvalue weighted by atomic mass is 35.5. The van der Waals surface area contributed by atoms with Crippen LogP contribution in [0.1, 0.15) is 11.1 Å². The van der Waals surface area contributed by atoms with Gasteiger partial charge in [-0.3, -0.25) is 4.57 Å². The van der Waals surface area contributed by atoms with E-state index in [2.05, 4.69) is 11.1 Å². The van der Waals surface area contributed by atoms with Crippen LogP contribution in [0.15, 0.2) is 47.3 Å². The summed E-state index contributed by atoms with van der Waals surface area (Å²) in [6.07, 6.45) is 0. The van der Waals surface area contributed by atoms with Crippen molar-refractivity contribution in [3.63, 3.8) is 0 Å². The molecule has 98 valence electrons. The van der Waals surface area contributed by atoms with Crippen LogP contribution in [0.4, 0.5) is 0 Å². The summed E-state index contributed by atoms with van der Waals surface area (Å²) in [6.45, 7) is 0.435. The average molecular weight is 284 g/mol. The first-order chi connectivity index (χ1) is 9.67. The Morgan fingerprint density at radius 1 is 1.20 bits per heavy atom. The fourth-order valence-electron chi connectivity index (χ4n) is 2.15. The minimum atomic E-state index is -0.174. The zero-order valence-corrected chi connectivity index (χ0v) is 11.2. The number of halogens is 1. The van der Waals surface area contributed by atoms with Gasteiger partial charge in [0.25, 0.3) is 0 Å². The van der Waals surface area contributed by atoms with Crippen molar-refractivity contribution in [3.05, 3.63) is 69.1 Å². The monoisotopic (exact) mass is 283 g/mol. The smallest absolute Gasteiger partial charge is 0.306 e. The van der Waals surface area contributed by atoms with E-state index >= 15 is 0 Å². The van der Waals surface area contributed by atoms with Gasteiger partial charge in [0.05, 0.1) is 29.2 Å². The Bertz CT molecular complexity index is 869. The van der Waals surface area contributed by atoms with E-state index in [1.807, 2.05) is 12.1 Å². The number of fused-ring (bicyclic) bond motifs is 1. The topological polar surface area (TPSA) is 61.6 Å². The van der Waals surface area contributed by atoms with Crippen molar-refractivity contribution >= 4 is 22.6 Å². The van der Waals surface area contributed by atoms with Crippen molar-refractivity contribution in [2.45, 2.75) is 6.54 Å². The van der Waals surface area contributed by atoms with Crippen LogP contribution in [-0.4, -0.2) is 9.55 Å². The summed E-state index contributed by atoms with van der Waals surface area (Å²) in [6, 6.07) is 14.5. The third-order valence-electron chi connectivity index (χ3n) is 3.16. The van der Waals surface area contributed by atoms with Gasteiger partial charge in [0, 0.05) is 5.02 Å². The van der Waals surface area contributed by atoms with Gasteiger partial charge in [-0.15, -0.1) is 0 Å². The quantitative estimate of drug-likeness (QED) is 0.786. The van der Waals surface area contributed by atoms with Crippen molar-refractivity contribution < 1.29 is 0 Å². The first kappa shape index (κ1) is 12.5. The summed E-state index contributed by atoms with van der Waals surface area (Å²) in [4.78, 5) is 14.8. The number of hydrogen-bond donors (Lipinski definition) is 1. The molecule has 20 heavy (non-hydrogen) atoms. The van der Waals surface area contributed by atoms with Gasteiger partial charge in [-0.25, -0.2) is 4.79 Å². The van der Waals surface area contributed by atoms with Gasteiger partial charge in [0.15, 0.2) is 0 Å². The van der Waals surface area contributed by atoms with Gasteiger partial charge in [-0.05, 0) is 35.9 Å². The molecule has 0 atom stereocenters. The molecule has 4 nitrogen and oxygen atoms in total. The Kier molecular flexibility index (Phi) is 3.05. The molecule has 0 unspecified atom stereocenters. The Labute approximate surface area is 119 Å². The maximum absolute atomic E-state index is 12.0. The van der Waals surface area contributed by atoms with Gasteiger partial charge >= 0.3 is 5.69 Å². The molecular formula is C15H10ClN3O. The van der Waals surface area contributed by atoms with E-state index in [1.165, 1.54) is 0 Å². The standard InChI is InChI=1S/C15H10ClN3O/c16-12-5-6-13-14(7-12)19(15(20)18-13)9-11-3-1-10(8-17)2-4-11/h1-7H,9H2,(H,18,20). The fourth-order valence-corrected chi connectivity index (χ4v) is 2.32. The van der Waals surface area contributed by atoms with Gasteiger partial charge in [-0.1, -0.05) is 23.7 Å². The third-order valence-corrected chi connectivity index (χ3v) is 3.40. The number of H-pyrrole nitrogens is 1. The fraction of sp³-hybridized carbons (Fsp3) is 0.0667. The SMILES string of the molecule is N#Cc1ccc(Cn2c(=O)[nH]c3ccc(Cl)cc32)cc1. The number of aromatic amines is 1. The molecule has 3 rings (SSSR count). The third kappa shape index (κ3) is 2.20. The maximum atomic E-state index is 12.0. The number of nitrogens with zero attached hydrogens (tertiary/aromatic N) is 2. The lowest BCUT2D eigenvalue weighted by atomic mass is 10.1. The number of imidazole rings is 1. The van der Waals surface area contributed by atoms with E-state index in [4.69, 9.17) is 16.9 Å². The predicted octanol–water partition coefficient (Wildman–Crippen LogP) is 2.90. The highest BCUT2D eigenvalue weighted by Crippen LogP contribution is 2.17. The van der Waals surface area contributed by atoms with E-state index in [0.717, 1.165) is 16.6 Å². The number of aromatic nitrogens is 2. The lowest BCUT2D eigenvalue weighted by molar-refractivity contribution is 0.787. The Morgan fingerprint density at radius 2 is 1.95 bits per heavy atom. The summed E-state index contributed by atoms with van der Waals surface area (Å²) in [5, 5.41) is 9.36. The van der Waals surface area contributed by atoms with Gasteiger partial charge in [0.1, 0.15) is 0 Å². The number of nitriles is 1. The number of nitrogens with one attached hydrogen (secondary N) is 1. The summed E-state index contributed by atoms with van der Waals surface area (Å²) in [5.74, 6) is 0. The number of benzene rings is 2. The highest BCUT2D eigenvalue weighted by Gasteiger charge is 2.07. The van der Waals surface area contributed by atoms with Crippen molar-refractivity contribution in [2.75, 3.05) is 0 Å². The average Bonchev–Trinajstić information content (AvgIpc) is 2.76. The molecule has 3 aromatic rings. The Hall–Kier alpha value is -2.51. The molecule has 1 aromatic heterocycles. The molecule has 2 aromatic carbocycles. The van der Waals surface area contributed by atoms with E-state index in [-0.39, 0.29) is 5.69 Å². The molecule has 0 radical (unpaired) electrons. The maximum Gasteiger partial charge on any atom is 0.326 e. The molecule has 0 aliphatic heterocycles. The molecule has 1 N–H and O–H groups in total. The van der Waals surface area contributed by atoms with Crippen LogP contribution in [0.3, 0.4) is 0 Å². The first-order valence-corrected chi connectivity index (χ1v) is 6.42. The lowest BCUT2D eigenvalue weighted by Crippen LogP contribution is -2.17. The van der Waals surface area contributed by atoms with Crippen LogP contribution in [0.2, 0.25) is 5.02 Å². The van der Waals surface area contributed by atoms with E-state index in [1.54, 1.807) is 34.9 Å². The van der Waals surface area contributed by atoms with Gasteiger partial charge in [-0.2, -0.15) is 5.26 Å². The molecule has 0 saturated heterocycles. The molecule has 0 spiro atoms. The van der Waals surface area contributed by atoms with Gasteiger partial charge < -0.3 is 4.98 Å². The molecule has 0 amide bonds. The molecule has 0 bridgehead atoms. The second-order valence-electron chi connectivity index (χ2n) is 4.49. The van der Waals surface area contributed by atoms with Crippen molar-refractivity contribution in [1.82, 2.24) is 9.55 Å². The van der Waals surface area contributed by atoms with Crippen molar-refractivity contribution in [3.8, 4) is 6.07 Å². The molecule has 0 saturated carbocycles. The molecule has 0 fully saturated rings. The zero-order chi connectivity index (χ0) is 14.1. The summed E-state index contributed by atoms with van der Waals surface area (Å²) in [7, 11) is 0. The highest BCUT2D eigenvalue weighted by molar-refractivity contribution is 6.31. The van der Waals surface area contributed by atoms with Crippen molar-refractivity contribution in [1.29, 1.82) is 5.26 Å². The Morgan fingerprint density at radius 3 is 2.65 bits per heavy atom. The van der Waals surface area contributed by atoms with Gasteiger partial charge in [0.2, 0.25) is 0 Å². The van der Waals surface area contributed by atoms with Crippen LogP contribution in [0, 0.1) is 11.3 Å².